The molecule has 16 heavy (non-hydrogen) atoms. The van der Waals surface area contributed by atoms with Crippen LogP contribution in [0.1, 0.15) is 44.0 Å². The lowest BCUT2D eigenvalue weighted by Crippen LogP contribution is -2.29. The Labute approximate surface area is 95.2 Å². The third-order valence-electron chi connectivity index (χ3n) is 3.41. The van der Waals surface area contributed by atoms with Gasteiger partial charge in [0, 0.05) is 13.1 Å². The first kappa shape index (κ1) is 10.1. The van der Waals surface area contributed by atoms with Crippen LogP contribution in [0.2, 0.25) is 0 Å². The lowest BCUT2D eigenvalue weighted by Gasteiger charge is -2.24. The van der Waals surface area contributed by atoms with Crippen molar-refractivity contribution in [1.82, 2.24) is 15.5 Å². The summed E-state index contributed by atoms with van der Waals surface area (Å²) in [5.74, 6) is 0.762. The van der Waals surface area contributed by atoms with Crippen molar-refractivity contribution in [2.24, 2.45) is 0 Å². The third kappa shape index (κ3) is 1.91. The fourth-order valence-electron chi connectivity index (χ4n) is 2.48. The van der Waals surface area contributed by atoms with Gasteiger partial charge in [-0.3, -0.25) is 0 Å². The molecule has 0 aliphatic carbocycles. The Morgan fingerprint density at radius 3 is 2.75 bits per heavy atom. The maximum atomic E-state index is 5.75. The second-order valence-electron chi connectivity index (χ2n) is 4.62. The molecule has 2 aliphatic heterocycles. The summed E-state index contributed by atoms with van der Waals surface area (Å²) in [4.78, 5) is 2.20. The maximum Gasteiger partial charge on any atom is 0.318 e. The van der Waals surface area contributed by atoms with Crippen LogP contribution in [0, 0.1) is 0 Å². The summed E-state index contributed by atoms with van der Waals surface area (Å²) < 4.78 is 5.75. The second kappa shape index (κ2) is 4.41. The van der Waals surface area contributed by atoms with Crippen molar-refractivity contribution >= 4 is 6.01 Å². The molecule has 0 bridgehead atoms. The highest BCUT2D eigenvalue weighted by Gasteiger charge is 2.24. The van der Waals surface area contributed by atoms with Crippen molar-refractivity contribution in [2.45, 2.75) is 38.1 Å². The average Bonchev–Trinajstić information content (AvgIpc) is 3.01. The molecular weight excluding hydrogens is 204 g/mol. The zero-order valence-corrected chi connectivity index (χ0v) is 9.48. The van der Waals surface area contributed by atoms with Gasteiger partial charge in [-0.2, -0.15) is 0 Å². The molecule has 3 rings (SSSR count). The Morgan fingerprint density at radius 2 is 2.00 bits per heavy atom. The van der Waals surface area contributed by atoms with E-state index in [1.165, 1.54) is 25.7 Å². The number of aromatic nitrogens is 2. The molecule has 2 saturated heterocycles. The molecule has 0 amide bonds. The molecule has 1 N–H and O–H groups in total. The summed E-state index contributed by atoms with van der Waals surface area (Å²) in [6.07, 6.45) is 6.11. The molecule has 0 saturated carbocycles. The van der Waals surface area contributed by atoms with E-state index in [-0.39, 0.29) is 6.04 Å². The van der Waals surface area contributed by atoms with E-state index >= 15 is 0 Å². The molecule has 1 aromatic heterocycles. The largest absolute Gasteiger partial charge is 0.406 e. The average molecular weight is 222 g/mol. The zero-order chi connectivity index (χ0) is 10.8. The van der Waals surface area contributed by atoms with Gasteiger partial charge in [0.2, 0.25) is 5.89 Å². The summed E-state index contributed by atoms with van der Waals surface area (Å²) in [6.45, 7) is 3.17. The molecule has 2 fully saturated rings. The number of hydrogen-bond acceptors (Lipinski definition) is 5. The Kier molecular flexibility index (Phi) is 2.78. The highest BCUT2D eigenvalue weighted by molar-refractivity contribution is 5.24. The second-order valence-corrected chi connectivity index (χ2v) is 4.62. The van der Waals surface area contributed by atoms with E-state index in [0.29, 0.717) is 6.01 Å². The third-order valence-corrected chi connectivity index (χ3v) is 3.41. The minimum Gasteiger partial charge on any atom is -0.406 e. The van der Waals surface area contributed by atoms with E-state index in [1.54, 1.807) is 0 Å². The number of piperidine rings is 1. The molecule has 2 aliphatic rings. The van der Waals surface area contributed by atoms with Gasteiger partial charge in [0.05, 0.1) is 6.04 Å². The predicted molar refractivity (Wildman–Crippen MR) is 60.3 cm³/mol. The quantitative estimate of drug-likeness (QED) is 0.821. The molecule has 0 spiro atoms. The molecule has 5 nitrogen and oxygen atoms in total. The Balaban J connectivity index is 1.71. The molecule has 3 heterocycles. The molecule has 1 atom stereocenters. The summed E-state index contributed by atoms with van der Waals surface area (Å²) in [5, 5.41) is 11.7. The topological polar surface area (TPSA) is 54.2 Å². The number of hydrogen-bond donors (Lipinski definition) is 1. The van der Waals surface area contributed by atoms with Crippen LogP contribution in [0.25, 0.3) is 0 Å². The number of nitrogens with zero attached hydrogens (tertiary/aromatic N) is 3. The van der Waals surface area contributed by atoms with Gasteiger partial charge in [-0.05, 0) is 38.6 Å². The van der Waals surface area contributed by atoms with E-state index < -0.39 is 0 Å². The molecule has 88 valence electrons. The zero-order valence-electron chi connectivity index (χ0n) is 9.48. The predicted octanol–water partition coefficient (Wildman–Crippen LogP) is 1.48. The number of anilines is 1. The van der Waals surface area contributed by atoms with Gasteiger partial charge in [-0.15, -0.1) is 5.10 Å². The van der Waals surface area contributed by atoms with E-state index in [2.05, 4.69) is 20.4 Å². The van der Waals surface area contributed by atoms with Crippen molar-refractivity contribution in [3.8, 4) is 0 Å². The minimum absolute atomic E-state index is 0.283. The van der Waals surface area contributed by atoms with Crippen LogP contribution in [0.3, 0.4) is 0 Å². The molecule has 1 unspecified atom stereocenters. The smallest absolute Gasteiger partial charge is 0.318 e. The summed E-state index contributed by atoms with van der Waals surface area (Å²) in [6, 6.07) is 0.995. The first-order valence-electron chi connectivity index (χ1n) is 6.25. The van der Waals surface area contributed by atoms with Gasteiger partial charge in [0.15, 0.2) is 0 Å². The first-order valence-corrected chi connectivity index (χ1v) is 6.25. The monoisotopic (exact) mass is 222 g/mol. The maximum absolute atomic E-state index is 5.75. The van der Waals surface area contributed by atoms with Crippen LogP contribution in [-0.4, -0.2) is 29.8 Å². The van der Waals surface area contributed by atoms with E-state index in [4.69, 9.17) is 4.42 Å². The number of rotatable bonds is 2. The first-order chi connectivity index (χ1) is 7.93. The van der Waals surface area contributed by atoms with Gasteiger partial charge < -0.3 is 14.6 Å². The Bertz CT molecular complexity index is 340. The normalized spacial score (nSPS) is 26.2. The van der Waals surface area contributed by atoms with E-state index in [0.717, 1.165) is 31.9 Å². The minimum atomic E-state index is 0.283. The van der Waals surface area contributed by atoms with Gasteiger partial charge in [-0.1, -0.05) is 5.10 Å². The van der Waals surface area contributed by atoms with Crippen LogP contribution < -0.4 is 10.2 Å². The highest BCUT2D eigenvalue weighted by Crippen LogP contribution is 2.25. The number of nitrogens with one attached hydrogen (secondary N) is 1. The fraction of sp³-hybridized carbons (Fsp3) is 0.818. The fourth-order valence-corrected chi connectivity index (χ4v) is 2.48. The summed E-state index contributed by atoms with van der Waals surface area (Å²) in [5.41, 5.74) is 0. The van der Waals surface area contributed by atoms with Gasteiger partial charge in [-0.25, -0.2) is 0 Å². The van der Waals surface area contributed by atoms with Gasteiger partial charge in [0.1, 0.15) is 0 Å². The molecule has 1 aromatic rings. The van der Waals surface area contributed by atoms with Crippen LogP contribution in [0.4, 0.5) is 6.01 Å². The highest BCUT2D eigenvalue weighted by atomic mass is 16.4. The van der Waals surface area contributed by atoms with Gasteiger partial charge >= 0.3 is 6.01 Å². The lowest BCUT2D eigenvalue weighted by molar-refractivity contribution is 0.417. The standard InChI is InChI=1S/C11H18N4O/c1-2-7-15(8-3-1)11-14-13-10(16-11)9-5-4-6-12-9/h9,12H,1-8H2. The summed E-state index contributed by atoms with van der Waals surface area (Å²) in [7, 11) is 0. The van der Waals surface area contributed by atoms with Crippen LogP contribution in [0.15, 0.2) is 4.42 Å². The van der Waals surface area contributed by atoms with Crippen LogP contribution >= 0.6 is 0 Å². The van der Waals surface area contributed by atoms with Crippen molar-refractivity contribution in [3.63, 3.8) is 0 Å². The van der Waals surface area contributed by atoms with Crippen molar-refractivity contribution < 1.29 is 4.42 Å². The summed E-state index contributed by atoms with van der Waals surface area (Å²) >= 11 is 0. The van der Waals surface area contributed by atoms with Crippen LogP contribution in [0.5, 0.6) is 0 Å². The van der Waals surface area contributed by atoms with Crippen LogP contribution in [-0.2, 0) is 0 Å². The van der Waals surface area contributed by atoms with Crippen molar-refractivity contribution in [3.05, 3.63) is 5.89 Å². The van der Waals surface area contributed by atoms with Crippen molar-refractivity contribution in [2.75, 3.05) is 24.5 Å². The SMILES string of the molecule is C1CCN(c2nnc(C3CCCN3)o2)CC1. The molecular formula is C11H18N4O. The lowest BCUT2D eigenvalue weighted by atomic mass is 10.1. The van der Waals surface area contributed by atoms with Gasteiger partial charge in [0.25, 0.3) is 0 Å². The van der Waals surface area contributed by atoms with Crippen molar-refractivity contribution in [1.29, 1.82) is 0 Å². The van der Waals surface area contributed by atoms with E-state index in [9.17, 15) is 0 Å². The Hall–Kier alpha value is -1.10. The van der Waals surface area contributed by atoms with E-state index in [1.807, 2.05) is 0 Å². The molecule has 0 radical (unpaired) electrons. The Morgan fingerprint density at radius 1 is 1.12 bits per heavy atom. The molecule has 0 aromatic carbocycles. The molecule has 5 heteroatoms.